The first-order valence-corrected chi connectivity index (χ1v) is 10.3. The van der Waals surface area contributed by atoms with Crippen LogP contribution in [0, 0.1) is 0 Å². The molecule has 1 heterocycles. The third-order valence-electron chi connectivity index (χ3n) is 5.24. The van der Waals surface area contributed by atoms with E-state index in [1.54, 1.807) is 24.3 Å². The van der Waals surface area contributed by atoms with E-state index in [4.69, 9.17) is 4.74 Å². The lowest BCUT2D eigenvalue weighted by molar-refractivity contribution is 0.0663. The minimum absolute atomic E-state index is 0.210. The molecule has 1 fully saturated rings. The number of aliphatic hydroxyl groups is 1. The fourth-order valence-corrected chi connectivity index (χ4v) is 3.53. The van der Waals surface area contributed by atoms with Gasteiger partial charge in [0.1, 0.15) is 24.2 Å². The number of aliphatic hydroxyl groups excluding tert-OH is 1. The number of phenols is 1. The number of benzene rings is 2. The van der Waals surface area contributed by atoms with E-state index in [9.17, 15) is 10.2 Å². The Hall–Kier alpha value is -2.24. The number of nitrogens with zero attached hydrogens (tertiary/aromatic N) is 2. The number of unbranched alkanes of at least 4 members (excludes halogenated alkanes) is 1. The molecule has 0 amide bonds. The summed E-state index contributed by atoms with van der Waals surface area (Å²) in [4.78, 5) is 4.70. The standard InChI is InChI=1S/C23H32N2O3/c1-2-3-4-19-5-7-20(8-6-19)25-15-13-24(14-16-25)17-22(27)18-28-23-11-9-21(26)10-12-23/h5-12,22,26-27H,2-4,13-18H2,1H3/t22-/m0/s1. The number of phenolic OH excluding ortho intramolecular Hbond substituents is 1. The van der Waals surface area contributed by atoms with E-state index >= 15 is 0 Å². The van der Waals surface area contributed by atoms with E-state index in [0.29, 0.717) is 12.3 Å². The highest BCUT2D eigenvalue weighted by Gasteiger charge is 2.19. The summed E-state index contributed by atoms with van der Waals surface area (Å²) in [6, 6.07) is 15.5. The molecular weight excluding hydrogens is 352 g/mol. The van der Waals surface area contributed by atoms with Crippen molar-refractivity contribution < 1.29 is 14.9 Å². The van der Waals surface area contributed by atoms with Crippen molar-refractivity contribution in [1.82, 2.24) is 4.90 Å². The molecule has 2 N–H and O–H groups in total. The largest absolute Gasteiger partial charge is 0.508 e. The van der Waals surface area contributed by atoms with Gasteiger partial charge in [-0.1, -0.05) is 25.5 Å². The van der Waals surface area contributed by atoms with Crippen LogP contribution in [0.3, 0.4) is 0 Å². The third kappa shape index (κ3) is 6.14. The summed E-state index contributed by atoms with van der Waals surface area (Å²) in [5.74, 6) is 0.866. The molecule has 152 valence electrons. The van der Waals surface area contributed by atoms with E-state index < -0.39 is 6.10 Å². The van der Waals surface area contributed by atoms with Crippen LogP contribution in [0.1, 0.15) is 25.3 Å². The smallest absolute Gasteiger partial charge is 0.119 e. The van der Waals surface area contributed by atoms with Crippen molar-refractivity contribution in [2.45, 2.75) is 32.3 Å². The second-order valence-electron chi connectivity index (χ2n) is 7.52. The Labute approximate surface area is 168 Å². The van der Waals surface area contributed by atoms with Crippen molar-refractivity contribution in [1.29, 1.82) is 0 Å². The SMILES string of the molecule is CCCCc1ccc(N2CCN(C[C@H](O)COc3ccc(O)cc3)CC2)cc1. The first-order valence-electron chi connectivity index (χ1n) is 10.3. The van der Waals surface area contributed by atoms with Crippen molar-refractivity contribution in [2.75, 3.05) is 44.2 Å². The highest BCUT2D eigenvalue weighted by atomic mass is 16.5. The molecule has 0 bridgehead atoms. The van der Waals surface area contributed by atoms with Gasteiger partial charge in [-0.3, -0.25) is 4.90 Å². The maximum Gasteiger partial charge on any atom is 0.119 e. The number of aryl methyl sites for hydroxylation is 1. The van der Waals surface area contributed by atoms with E-state index in [2.05, 4.69) is 41.0 Å². The molecule has 0 radical (unpaired) electrons. The zero-order valence-corrected chi connectivity index (χ0v) is 16.8. The fraction of sp³-hybridized carbons (Fsp3) is 0.478. The van der Waals surface area contributed by atoms with Crippen molar-refractivity contribution in [2.24, 2.45) is 0 Å². The second kappa shape index (κ2) is 10.3. The quantitative estimate of drug-likeness (QED) is 0.695. The first kappa shape index (κ1) is 20.5. The van der Waals surface area contributed by atoms with Gasteiger partial charge in [0.25, 0.3) is 0 Å². The van der Waals surface area contributed by atoms with Gasteiger partial charge >= 0.3 is 0 Å². The lowest BCUT2D eigenvalue weighted by Crippen LogP contribution is -2.49. The normalized spacial score (nSPS) is 16.1. The average Bonchev–Trinajstić information content (AvgIpc) is 2.73. The van der Waals surface area contributed by atoms with Crippen LogP contribution in [0.5, 0.6) is 11.5 Å². The molecule has 1 saturated heterocycles. The van der Waals surface area contributed by atoms with Crippen LogP contribution in [0.2, 0.25) is 0 Å². The molecule has 5 nitrogen and oxygen atoms in total. The van der Waals surface area contributed by atoms with E-state index in [-0.39, 0.29) is 12.4 Å². The van der Waals surface area contributed by atoms with E-state index in [0.717, 1.165) is 32.6 Å². The summed E-state index contributed by atoms with van der Waals surface area (Å²) in [6.45, 7) is 6.91. The minimum Gasteiger partial charge on any atom is -0.508 e. The Morgan fingerprint density at radius 1 is 0.964 bits per heavy atom. The molecule has 1 atom stereocenters. The Morgan fingerprint density at radius 2 is 1.64 bits per heavy atom. The Morgan fingerprint density at radius 3 is 2.29 bits per heavy atom. The number of aromatic hydroxyl groups is 1. The predicted octanol–water partition coefficient (Wildman–Crippen LogP) is 3.30. The van der Waals surface area contributed by atoms with Crippen molar-refractivity contribution in [3.63, 3.8) is 0 Å². The molecule has 2 aromatic rings. The highest BCUT2D eigenvalue weighted by Crippen LogP contribution is 2.19. The number of β-amino-alcohol motifs (C(OH)–C–C–N with tert-alkyl or cyclic N) is 1. The van der Waals surface area contributed by atoms with Crippen molar-refractivity contribution >= 4 is 5.69 Å². The van der Waals surface area contributed by atoms with Gasteiger partial charge < -0.3 is 19.8 Å². The molecule has 0 saturated carbocycles. The zero-order chi connectivity index (χ0) is 19.8. The first-order chi connectivity index (χ1) is 13.6. The lowest BCUT2D eigenvalue weighted by Gasteiger charge is -2.37. The molecule has 5 heteroatoms. The zero-order valence-electron chi connectivity index (χ0n) is 16.8. The number of anilines is 1. The van der Waals surface area contributed by atoms with Gasteiger partial charge in [-0.15, -0.1) is 0 Å². The molecule has 2 aromatic carbocycles. The summed E-state index contributed by atoms with van der Waals surface area (Å²) in [6.07, 6.45) is 3.11. The molecule has 0 unspecified atom stereocenters. The molecule has 0 aliphatic carbocycles. The van der Waals surface area contributed by atoms with Gasteiger partial charge in [-0.2, -0.15) is 0 Å². The Kier molecular flexibility index (Phi) is 7.57. The van der Waals surface area contributed by atoms with E-state index in [1.165, 1.54) is 24.1 Å². The lowest BCUT2D eigenvalue weighted by atomic mass is 10.1. The summed E-state index contributed by atoms with van der Waals surface area (Å²) >= 11 is 0. The molecule has 1 aliphatic heterocycles. The second-order valence-corrected chi connectivity index (χ2v) is 7.52. The summed E-state index contributed by atoms with van der Waals surface area (Å²) in [5, 5.41) is 19.6. The number of piperazine rings is 1. The van der Waals surface area contributed by atoms with Crippen LogP contribution in [0.4, 0.5) is 5.69 Å². The van der Waals surface area contributed by atoms with Crippen molar-refractivity contribution in [3.05, 3.63) is 54.1 Å². The van der Waals surface area contributed by atoms with Gasteiger partial charge in [0.05, 0.1) is 0 Å². The van der Waals surface area contributed by atoms with Crippen LogP contribution >= 0.6 is 0 Å². The van der Waals surface area contributed by atoms with Gasteiger partial charge in [-0.25, -0.2) is 0 Å². The highest BCUT2D eigenvalue weighted by molar-refractivity contribution is 5.48. The number of hydrogen-bond acceptors (Lipinski definition) is 5. The van der Waals surface area contributed by atoms with Crippen LogP contribution < -0.4 is 9.64 Å². The van der Waals surface area contributed by atoms with Crippen LogP contribution in [-0.2, 0) is 6.42 Å². The fourth-order valence-electron chi connectivity index (χ4n) is 3.53. The van der Waals surface area contributed by atoms with E-state index in [1.807, 2.05) is 0 Å². The van der Waals surface area contributed by atoms with Crippen LogP contribution in [0.25, 0.3) is 0 Å². The number of rotatable bonds is 9. The summed E-state index contributed by atoms with van der Waals surface area (Å²) < 4.78 is 5.60. The molecule has 0 spiro atoms. The van der Waals surface area contributed by atoms with Gasteiger partial charge in [0.2, 0.25) is 0 Å². The molecule has 1 aliphatic rings. The average molecular weight is 385 g/mol. The maximum atomic E-state index is 10.3. The molecule has 3 rings (SSSR count). The predicted molar refractivity (Wildman–Crippen MR) is 113 cm³/mol. The summed E-state index contributed by atoms with van der Waals surface area (Å²) in [5.41, 5.74) is 2.71. The minimum atomic E-state index is -0.529. The van der Waals surface area contributed by atoms with Crippen molar-refractivity contribution in [3.8, 4) is 11.5 Å². The van der Waals surface area contributed by atoms with Gasteiger partial charge in [0.15, 0.2) is 0 Å². The van der Waals surface area contributed by atoms with Gasteiger partial charge in [-0.05, 0) is 54.8 Å². The number of hydrogen-bond donors (Lipinski definition) is 2. The Balaban J connectivity index is 1.39. The monoisotopic (exact) mass is 384 g/mol. The Bertz CT molecular complexity index is 695. The summed E-state index contributed by atoms with van der Waals surface area (Å²) in [7, 11) is 0. The molecule has 28 heavy (non-hydrogen) atoms. The van der Waals surface area contributed by atoms with Crippen LogP contribution in [-0.4, -0.2) is 60.5 Å². The molecule has 0 aromatic heterocycles. The topological polar surface area (TPSA) is 56.2 Å². The van der Waals surface area contributed by atoms with Crippen LogP contribution in [0.15, 0.2) is 48.5 Å². The molecular formula is C23H32N2O3. The number of ether oxygens (including phenoxy) is 1. The third-order valence-corrected chi connectivity index (χ3v) is 5.24. The van der Waals surface area contributed by atoms with Gasteiger partial charge in [0, 0.05) is 38.4 Å². The maximum absolute atomic E-state index is 10.3.